The smallest absolute Gasteiger partial charge is 0.362 e. The number of alkyl halides is 3. The molecule has 182 valence electrons. The third-order valence-corrected chi connectivity index (χ3v) is 6.52. The van der Waals surface area contributed by atoms with Crippen LogP contribution in [0.15, 0.2) is 24.4 Å². The second-order valence-corrected chi connectivity index (χ2v) is 8.67. The molecule has 1 aliphatic heterocycles. The van der Waals surface area contributed by atoms with Crippen LogP contribution in [0.2, 0.25) is 0 Å². The number of hydrogen-bond acceptors (Lipinski definition) is 6. The first-order chi connectivity index (χ1) is 16.1. The summed E-state index contributed by atoms with van der Waals surface area (Å²) in [5.41, 5.74) is -0.0831. The van der Waals surface area contributed by atoms with Crippen LogP contribution in [-0.4, -0.2) is 52.8 Å². The minimum absolute atomic E-state index is 0.0190. The molecule has 1 atom stereocenters. The van der Waals surface area contributed by atoms with Crippen molar-refractivity contribution in [1.29, 1.82) is 0 Å². The van der Waals surface area contributed by atoms with E-state index in [1.807, 2.05) is 13.0 Å². The number of likely N-dealkylation sites (N-methyl/N-ethyl adjacent to an activating group) is 1. The number of piperazine rings is 1. The Morgan fingerprint density at radius 2 is 1.74 bits per heavy atom. The number of hydrogen-bond donors (Lipinski definition) is 1. The van der Waals surface area contributed by atoms with E-state index in [1.165, 1.54) is 6.92 Å². The van der Waals surface area contributed by atoms with E-state index < -0.39 is 23.6 Å². The molecule has 0 aliphatic carbocycles. The Kier molecular flexibility index (Phi) is 6.62. The van der Waals surface area contributed by atoms with Gasteiger partial charge < -0.3 is 15.1 Å². The SMILES string of the molecule is CCN1CCN(c2cc3c(N[C@H](C)c4cc(F)cc(C(F)(F)F)c4C)nnc(C)c3cn2)CC1. The third-order valence-electron chi connectivity index (χ3n) is 6.52. The molecule has 1 aromatic carbocycles. The molecule has 34 heavy (non-hydrogen) atoms. The van der Waals surface area contributed by atoms with Crippen LogP contribution in [0.1, 0.15) is 42.3 Å². The van der Waals surface area contributed by atoms with Crippen molar-refractivity contribution >= 4 is 22.4 Å². The lowest BCUT2D eigenvalue weighted by molar-refractivity contribution is -0.138. The van der Waals surface area contributed by atoms with Crippen molar-refractivity contribution in [2.24, 2.45) is 0 Å². The summed E-state index contributed by atoms with van der Waals surface area (Å²) in [4.78, 5) is 9.20. The summed E-state index contributed by atoms with van der Waals surface area (Å²) in [6, 6.07) is 2.96. The van der Waals surface area contributed by atoms with Crippen LogP contribution in [-0.2, 0) is 6.18 Å². The maximum atomic E-state index is 14.1. The van der Waals surface area contributed by atoms with Crippen molar-refractivity contribution in [2.75, 3.05) is 42.9 Å². The van der Waals surface area contributed by atoms with Gasteiger partial charge in [-0.15, -0.1) is 5.10 Å². The Labute approximate surface area is 196 Å². The van der Waals surface area contributed by atoms with Crippen LogP contribution < -0.4 is 10.2 Å². The van der Waals surface area contributed by atoms with Crippen molar-refractivity contribution in [3.63, 3.8) is 0 Å². The minimum atomic E-state index is -4.64. The molecule has 3 heterocycles. The summed E-state index contributed by atoms with van der Waals surface area (Å²) < 4.78 is 54.3. The molecule has 2 aromatic heterocycles. The van der Waals surface area contributed by atoms with E-state index in [2.05, 4.69) is 37.2 Å². The molecular formula is C24H28F4N6. The van der Waals surface area contributed by atoms with Gasteiger partial charge in [-0.05, 0) is 56.6 Å². The first-order valence-corrected chi connectivity index (χ1v) is 11.3. The summed E-state index contributed by atoms with van der Waals surface area (Å²) in [5.74, 6) is 0.299. The fraction of sp³-hybridized carbons (Fsp3) is 0.458. The molecule has 0 radical (unpaired) electrons. The van der Waals surface area contributed by atoms with E-state index in [4.69, 9.17) is 0 Å². The van der Waals surface area contributed by atoms with Gasteiger partial charge in [-0.3, -0.25) is 0 Å². The zero-order chi connectivity index (χ0) is 24.6. The van der Waals surface area contributed by atoms with Crippen LogP contribution in [0.4, 0.5) is 29.2 Å². The predicted molar refractivity (Wildman–Crippen MR) is 125 cm³/mol. The van der Waals surface area contributed by atoms with Crippen LogP contribution >= 0.6 is 0 Å². The van der Waals surface area contributed by atoms with E-state index >= 15 is 0 Å². The molecule has 0 saturated carbocycles. The quantitative estimate of drug-likeness (QED) is 0.517. The van der Waals surface area contributed by atoms with Gasteiger partial charge in [0.2, 0.25) is 0 Å². The summed E-state index contributed by atoms with van der Waals surface area (Å²) in [5, 5.41) is 13.2. The molecule has 1 fully saturated rings. The topological polar surface area (TPSA) is 57.2 Å². The molecule has 0 bridgehead atoms. The lowest BCUT2D eigenvalue weighted by atomic mass is 9.96. The number of rotatable bonds is 5. The number of aryl methyl sites for hydroxylation is 1. The largest absolute Gasteiger partial charge is 0.416 e. The Balaban J connectivity index is 1.68. The summed E-state index contributed by atoms with van der Waals surface area (Å²) >= 11 is 0. The van der Waals surface area contributed by atoms with Crippen molar-refractivity contribution in [3.8, 4) is 0 Å². The van der Waals surface area contributed by atoms with Gasteiger partial charge in [0, 0.05) is 43.1 Å². The maximum Gasteiger partial charge on any atom is 0.416 e. The Morgan fingerprint density at radius 3 is 2.38 bits per heavy atom. The normalized spacial score (nSPS) is 16.2. The Hall–Kier alpha value is -3.01. The molecule has 0 amide bonds. The van der Waals surface area contributed by atoms with Gasteiger partial charge in [0.1, 0.15) is 11.6 Å². The van der Waals surface area contributed by atoms with E-state index in [1.54, 1.807) is 13.1 Å². The average Bonchev–Trinajstić information content (AvgIpc) is 2.81. The molecule has 0 spiro atoms. The third kappa shape index (κ3) is 4.77. The molecule has 10 heteroatoms. The summed E-state index contributed by atoms with van der Waals surface area (Å²) in [6.07, 6.45) is -2.88. The second-order valence-electron chi connectivity index (χ2n) is 8.67. The number of anilines is 2. The fourth-order valence-electron chi connectivity index (χ4n) is 4.46. The molecule has 1 aliphatic rings. The number of fused-ring (bicyclic) bond motifs is 1. The van der Waals surface area contributed by atoms with Crippen LogP contribution in [0.5, 0.6) is 0 Å². The van der Waals surface area contributed by atoms with Gasteiger partial charge in [-0.1, -0.05) is 6.92 Å². The molecule has 6 nitrogen and oxygen atoms in total. The summed E-state index contributed by atoms with van der Waals surface area (Å²) in [7, 11) is 0. The van der Waals surface area contributed by atoms with E-state index in [9.17, 15) is 17.6 Å². The van der Waals surface area contributed by atoms with Gasteiger partial charge >= 0.3 is 6.18 Å². The fourth-order valence-corrected chi connectivity index (χ4v) is 4.46. The van der Waals surface area contributed by atoms with Crippen molar-refractivity contribution in [2.45, 2.75) is 39.9 Å². The zero-order valence-electron chi connectivity index (χ0n) is 19.7. The molecule has 0 unspecified atom stereocenters. The Bertz CT molecular complexity index is 1190. The van der Waals surface area contributed by atoms with Gasteiger partial charge in [0.15, 0.2) is 5.82 Å². The molecular weight excluding hydrogens is 448 g/mol. The summed E-state index contributed by atoms with van der Waals surface area (Å²) in [6.45, 7) is 11.6. The number of nitrogens with one attached hydrogen (secondary N) is 1. The minimum Gasteiger partial charge on any atom is -0.362 e. The van der Waals surface area contributed by atoms with E-state index in [0.717, 1.165) is 55.4 Å². The van der Waals surface area contributed by atoms with E-state index in [-0.39, 0.29) is 11.1 Å². The van der Waals surface area contributed by atoms with Gasteiger partial charge in [0.05, 0.1) is 17.3 Å². The number of pyridine rings is 1. The maximum absolute atomic E-state index is 14.1. The first kappa shape index (κ1) is 24.1. The van der Waals surface area contributed by atoms with Gasteiger partial charge in [0.25, 0.3) is 0 Å². The molecule has 1 saturated heterocycles. The monoisotopic (exact) mass is 476 g/mol. The van der Waals surface area contributed by atoms with Gasteiger partial charge in [-0.25, -0.2) is 9.37 Å². The number of aromatic nitrogens is 3. The number of nitrogens with zero attached hydrogens (tertiary/aromatic N) is 5. The predicted octanol–water partition coefficient (Wildman–Crippen LogP) is 5.11. The average molecular weight is 477 g/mol. The highest BCUT2D eigenvalue weighted by Crippen LogP contribution is 2.36. The molecule has 4 rings (SSSR count). The van der Waals surface area contributed by atoms with Crippen LogP contribution in [0.3, 0.4) is 0 Å². The highest BCUT2D eigenvalue weighted by Gasteiger charge is 2.34. The zero-order valence-corrected chi connectivity index (χ0v) is 19.7. The second kappa shape index (κ2) is 9.32. The van der Waals surface area contributed by atoms with Crippen molar-refractivity contribution in [1.82, 2.24) is 20.1 Å². The number of halogens is 4. The Morgan fingerprint density at radius 1 is 1.03 bits per heavy atom. The van der Waals surface area contributed by atoms with Crippen LogP contribution in [0, 0.1) is 19.7 Å². The highest BCUT2D eigenvalue weighted by atomic mass is 19.4. The van der Waals surface area contributed by atoms with Gasteiger partial charge in [-0.2, -0.15) is 18.3 Å². The lowest BCUT2D eigenvalue weighted by Crippen LogP contribution is -2.46. The molecule has 1 N–H and O–H groups in total. The number of benzene rings is 1. The van der Waals surface area contributed by atoms with Crippen molar-refractivity contribution in [3.05, 3.63) is 52.6 Å². The first-order valence-electron chi connectivity index (χ1n) is 11.3. The highest BCUT2D eigenvalue weighted by molar-refractivity contribution is 5.94. The lowest BCUT2D eigenvalue weighted by Gasteiger charge is -2.34. The van der Waals surface area contributed by atoms with Crippen LogP contribution in [0.25, 0.3) is 10.8 Å². The standard InChI is InChI=1S/C24H28F4N6/c1-5-33-6-8-34(9-7-33)22-12-19-20(13-29-22)16(4)31-32-23(19)30-15(3)18-10-17(25)11-21(14(18)2)24(26,27)28/h10-13,15H,5-9H2,1-4H3,(H,30,32)/t15-/m1/s1. The molecule has 3 aromatic rings. The van der Waals surface area contributed by atoms with Crippen molar-refractivity contribution < 1.29 is 17.6 Å². The van der Waals surface area contributed by atoms with E-state index in [0.29, 0.717) is 17.6 Å².